The number of fused-ring (bicyclic) bond motifs is 1. The Morgan fingerprint density at radius 3 is 2.17 bits per heavy atom. The molecular formula is C22H15BrClNO4. The molecule has 1 aliphatic heterocycles. The quantitative estimate of drug-likeness (QED) is 0.519. The van der Waals surface area contributed by atoms with Crippen molar-refractivity contribution in [1.29, 1.82) is 0 Å². The first-order chi connectivity index (χ1) is 14.0. The van der Waals surface area contributed by atoms with Crippen LogP contribution in [-0.2, 0) is 0 Å². The van der Waals surface area contributed by atoms with Crippen LogP contribution in [0.5, 0.6) is 11.5 Å². The molecule has 0 radical (unpaired) electrons. The highest BCUT2D eigenvalue weighted by Gasteiger charge is 2.23. The van der Waals surface area contributed by atoms with Gasteiger partial charge >= 0.3 is 0 Å². The number of hydrogen-bond donors (Lipinski definition) is 1. The van der Waals surface area contributed by atoms with E-state index in [1.54, 1.807) is 54.6 Å². The molecule has 0 aliphatic carbocycles. The van der Waals surface area contributed by atoms with Crippen molar-refractivity contribution in [3.05, 3.63) is 86.8 Å². The highest BCUT2D eigenvalue weighted by Crippen LogP contribution is 2.37. The third kappa shape index (κ3) is 3.99. The molecule has 1 heterocycles. The second-order valence-corrected chi connectivity index (χ2v) is 7.55. The van der Waals surface area contributed by atoms with Gasteiger partial charge in [0.2, 0.25) is 0 Å². The first-order valence-corrected chi connectivity index (χ1v) is 10.0. The topological polar surface area (TPSA) is 64.6 Å². The number of anilines is 1. The summed E-state index contributed by atoms with van der Waals surface area (Å²) >= 11 is 9.59. The lowest BCUT2D eigenvalue weighted by molar-refractivity contribution is 0.102. The SMILES string of the molecule is O=C(Nc1cc2c(cc1C(=O)c1ccccc1Cl)OCCO2)c1ccccc1Br. The molecule has 4 rings (SSSR count). The van der Waals surface area contributed by atoms with E-state index in [9.17, 15) is 9.59 Å². The van der Waals surface area contributed by atoms with Gasteiger partial charge in [0.25, 0.3) is 5.91 Å². The van der Waals surface area contributed by atoms with E-state index >= 15 is 0 Å². The minimum absolute atomic E-state index is 0.266. The number of halogens is 2. The lowest BCUT2D eigenvalue weighted by Crippen LogP contribution is -2.19. The minimum atomic E-state index is -0.359. The first-order valence-electron chi connectivity index (χ1n) is 8.83. The molecule has 0 saturated heterocycles. The maximum atomic E-state index is 13.2. The first kappa shape index (κ1) is 19.5. The molecule has 5 nitrogen and oxygen atoms in total. The molecule has 0 aromatic heterocycles. The van der Waals surface area contributed by atoms with E-state index in [4.69, 9.17) is 21.1 Å². The summed E-state index contributed by atoms with van der Waals surface area (Å²) in [4.78, 5) is 26.0. The van der Waals surface area contributed by atoms with Crippen LogP contribution in [0.15, 0.2) is 65.1 Å². The summed E-state index contributed by atoms with van der Waals surface area (Å²) in [5.74, 6) is 0.234. The average Bonchev–Trinajstić information content (AvgIpc) is 2.73. The summed E-state index contributed by atoms with van der Waals surface area (Å²) in [5.41, 5.74) is 1.36. The molecule has 1 amide bonds. The number of rotatable bonds is 4. The van der Waals surface area contributed by atoms with Gasteiger partial charge in [0.1, 0.15) is 13.2 Å². The molecule has 0 fully saturated rings. The Kier molecular flexibility index (Phi) is 5.56. The normalized spacial score (nSPS) is 12.3. The van der Waals surface area contributed by atoms with Crippen molar-refractivity contribution < 1.29 is 19.1 Å². The second kappa shape index (κ2) is 8.27. The Morgan fingerprint density at radius 2 is 1.48 bits per heavy atom. The van der Waals surface area contributed by atoms with Crippen LogP contribution in [0.3, 0.4) is 0 Å². The molecule has 3 aromatic carbocycles. The number of carbonyl (C=O) groups is 2. The van der Waals surface area contributed by atoms with Crippen LogP contribution < -0.4 is 14.8 Å². The predicted molar refractivity (Wildman–Crippen MR) is 114 cm³/mol. The van der Waals surface area contributed by atoms with E-state index in [1.807, 2.05) is 6.07 Å². The molecule has 1 N–H and O–H groups in total. The minimum Gasteiger partial charge on any atom is -0.486 e. The van der Waals surface area contributed by atoms with Gasteiger partial charge in [-0.2, -0.15) is 0 Å². The largest absolute Gasteiger partial charge is 0.486 e. The molecule has 0 spiro atoms. The van der Waals surface area contributed by atoms with Gasteiger partial charge in [0, 0.05) is 16.1 Å². The van der Waals surface area contributed by atoms with Crippen molar-refractivity contribution in [2.75, 3.05) is 18.5 Å². The molecule has 7 heteroatoms. The van der Waals surface area contributed by atoms with Gasteiger partial charge in [-0.15, -0.1) is 0 Å². The van der Waals surface area contributed by atoms with Gasteiger partial charge in [-0.1, -0.05) is 35.9 Å². The third-order valence-electron chi connectivity index (χ3n) is 4.41. The van der Waals surface area contributed by atoms with Crippen molar-refractivity contribution in [3.63, 3.8) is 0 Å². The molecule has 0 unspecified atom stereocenters. The fourth-order valence-corrected chi connectivity index (χ4v) is 3.69. The zero-order valence-corrected chi connectivity index (χ0v) is 17.4. The van der Waals surface area contributed by atoms with E-state index in [0.717, 1.165) is 0 Å². The van der Waals surface area contributed by atoms with Gasteiger partial charge in [-0.05, 0) is 46.3 Å². The number of ether oxygens (including phenoxy) is 2. The van der Waals surface area contributed by atoms with Gasteiger partial charge in [-0.25, -0.2) is 0 Å². The number of hydrogen-bond acceptors (Lipinski definition) is 4. The van der Waals surface area contributed by atoms with E-state index < -0.39 is 0 Å². The lowest BCUT2D eigenvalue weighted by Gasteiger charge is -2.21. The second-order valence-electron chi connectivity index (χ2n) is 6.28. The maximum absolute atomic E-state index is 13.2. The van der Waals surface area contributed by atoms with Crippen molar-refractivity contribution in [2.45, 2.75) is 0 Å². The van der Waals surface area contributed by atoms with Crippen molar-refractivity contribution in [3.8, 4) is 11.5 Å². The smallest absolute Gasteiger partial charge is 0.256 e. The summed E-state index contributed by atoms with van der Waals surface area (Å²) in [6.07, 6.45) is 0. The van der Waals surface area contributed by atoms with Crippen LogP contribution in [0.25, 0.3) is 0 Å². The van der Waals surface area contributed by atoms with Gasteiger partial charge in [-0.3, -0.25) is 9.59 Å². The average molecular weight is 473 g/mol. The van der Waals surface area contributed by atoms with Crippen LogP contribution in [0.1, 0.15) is 26.3 Å². The zero-order valence-electron chi connectivity index (χ0n) is 15.1. The van der Waals surface area contributed by atoms with E-state index in [1.165, 1.54) is 0 Å². The number of amides is 1. The Hall–Kier alpha value is -2.83. The molecule has 29 heavy (non-hydrogen) atoms. The Balaban J connectivity index is 1.78. The number of nitrogens with one attached hydrogen (secondary N) is 1. The van der Waals surface area contributed by atoms with Crippen molar-refractivity contribution >= 4 is 44.9 Å². The van der Waals surface area contributed by atoms with E-state index in [0.29, 0.717) is 51.0 Å². The Morgan fingerprint density at radius 1 is 0.862 bits per heavy atom. The molecule has 0 saturated carbocycles. The maximum Gasteiger partial charge on any atom is 0.256 e. The fraction of sp³-hybridized carbons (Fsp3) is 0.0909. The van der Waals surface area contributed by atoms with Crippen LogP contribution in [-0.4, -0.2) is 24.9 Å². The number of ketones is 1. The zero-order chi connectivity index (χ0) is 20.4. The Bertz CT molecular complexity index is 1120. The van der Waals surface area contributed by atoms with Crippen molar-refractivity contribution in [1.82, 2.24) is 0 Å². The number of benzene rings is 3. The highest BCUT2D eigenvalue weighted by molar-refractivity contribution is 9.10. The van der Waals surface area contributed by atoms with E-state index in [-0.39, 0.29) is 17.3 Å². The predicted octanol–water partition coefficient (Wildman–Crippen LogP) is 5.36. The van der Waals surface area contributed by atoms with Crippen LogP contribution >= 0.6 is 27.5 Å². The molecule has 1 aliphatic rings. The lowest BCUT2D eigenvalue weighted by atomic mass is 10.00. The van der Waals surface area contributed by atoms with Crippen LogP contribution in [0.2, 0.25) is 5.02 Å². The molecular weight excluding hydrogens is 458 g/mol. The summed E-state index contributed by atoms with van der Waals surface area (Å²) in [5, 5.41) is 3.15. The fourth-order valence-electron chi connectivity index (χ4n) is 3.01. The number of carbonyl (C=O) groups excluding carboxylic acids is 2. The molecule has 0 atom stereocenters. The van der Waals surface area contributed by atoms with Gasteiger partial charge in [0.15, 0.2) is 17.3 Å². The summed E-state index contributed by atoms with van der Waals surface area (Å²) in [6, 6.07) is 17.0. The molecule has 3 aromatic rings. The monoisotopic (exact) mass is 471 g/mol. The highest BCUT2D eigenvalue weighted by atomic mass is 79.9. The summed E-state index contributed by atoms with van der Waals surface area (Å²) in [6.45, 7) is 0.776. The van der Waals surface area contributed by atoms with Crippen molar-refractivity contribution in [2.24, 2.45) is 0 Å². The Labute approximate surface area is 180 Å². The van der Waals surface area contributed by atoms with Gasteiger partial charge < -0.3 is 14.8 Å². The van der Waals surface area contributed by atoms with Crippen LogP contribution in [0, 0.1) is 0 Å². The van der Waals surface area contributed by atoms with Crippen LogP contribution in [0.4, 0.5) is 5.69 Å². The van der Waals surface area contributed by atoms with E-state index in [2.05, 4.69) is 21.2 Å². The summed E-state index contributed by atoms with van der Waals surface area (Å²) in [7, 11) is 0. The molecule has 0 bridgehead atoms. The summed E-state index contributed by atoms with van der Waals surface area (Å²) < 4.78 is 11.9. The third-order valence-corrected chi connectivity index (χ3v) is 5.43. The standard InChI is InChI=1S/C22H15BrClNO4/c23-16-7-3-1-5-13(16)22(27)25-18-12-20-19(28-9-10-29-20)11-15(18)21(26)14-6-2-4-8-17(14)24/h1-8,11-12H,9-10H2,(H,25,27). The molecule has 146 valence electrons. The van der Waals surface area contributed by atoms with Gasteiger partial charge in [0.05, 0.1) is 21.8 Å².